The van der Waals surface area contributed by atoms with Crippen LogP contribution in [0.5, 0.6) is 0 Å². The zero-order valence-electron chi connectivity index (χ0n) is 19.1. The van der Waals surface area contributed by atoms with Crippen LogP contribution in [0.15, 0.2) is 94.7 Å². The Morgan fingerprint density at radius 1 is 0.559 bits per heavy atom. The fourth-order valence-electron chi connectivity index (χ4n) is 4.22. The van der Waals surface area contributed by atoms with Crippen molar-refractivity contribution in [3.63, 3.8) is 0 Å². The lowest BCUT2D eigenvalue weighted by atomic mass is 9.97. The molecule has 0 radical (unpaired) electrons. The van der Waals surface area contributed by atoms with Gasteiger partial charge in [-0.15, -0.1) is 23.5 Å². The third-order valence-corrected chi connectivity index (χ3v) is 8.24. The molecule has 2 heterocycles. The van der Waals surface area contributed by atoms with E-state index in [1.54, 1.807) is 23.5 Å². The van der Waals surface area contributed by atoms with Gasteiger partial charge in [0.05, 0.1) is 11.5 Å². The number of aryl methyl sites for hydroxylation is 2. The van der Waals surface area contributed by atoms with Crippen molar-refractivity contribution in [2.45, 2.75) is 23.6 Å². The quantitative estimate of drug-likeness (QED) is 0.292. The summed E-state index contributed by atoms with van der Waals surface area (Å²) >= 11 is 3.29. The summed E-state index contributed by atoms with van der Waals surface area (Å²) in [5, 5.41) is 0. The van der Waals surface area contributed by atoms with Gasteiger partial charge in [0.1, 0.15) is 0 Å². The van der Waals surface area contributed by atoms with E-state index in [-0.39, 0.29) is 11.6 Å². The minimum atomic E-state index is 0.249. The molecule has 0 N–H and O–H groups in total. The molecule has 168 valence electrons. The molecule has 6 rings (SSSR count). The third kappa shape index (κ3) is 4.48. The van der Waals surface area contributed by atoms with E-state index in [0.717, 1.165) is 32.0 Å². The SMILES string of the molecule is Cc1ccc(-c2cccc3c2C(=O)CS3)cc1.Cc1ccc(-c2cccc3c2SCC3=O)cc1. The molecular formula is C30H24O2S2. The number of carbonyl (C=O) groups excluding carboxylic acids is 2. The van der Waals surface area contributed by atoms with Crippen molar-refractivity contribution in [1.29, 1.82) is 0 Å². The molecule has 4 aromatic carbocycles. The maximum absolute atomic E-state index is 11.9. The first-order valence-electron chi connectivity index (χ1n) is 11.2. The lowest BCUT2D eigenvalue weighted by Crippen LogP contribution is -1.98. The predicted molar refractivity (Wildman–Crippen MR) is 143 cm³/mol. The molecule has 2 aliphatic heterocycles. The number of rotatable bonds is 2. The summed E-state index contributed by atoms with van der Waals surface area (Å²) in [6.45, 7) is 4.15. The summed E-state index contributed by atoms with van der Waals surface area (Å²) in [6.07, 6.45) is 0. The number of carbonyl (C=O) groups is 2. The zero-order chi connectivity index (χ0) is 23.7. The molecule has 2 nitrogen and oxygen atoms in total. The van der Waals surface area contributed by atoms with E-state index >= 15 is 0 Å². The van der Waals surface area contributed by atoms with Crippen LogP contribution in [0.4, 0.5) is 0 Å². The molecule has 2 aliphatic rings. The molecule has 0 amide bonds. The van der Waals surface area contributed by atoms with Crippen LogP contribution >= 0.6 is 23.5 Å². The fourth-order valence-corrected chi connectivity index (χ4v) is 6.30. The van der Waals surface area contributed by atoms with Gasteiger partial charge >= 0.3 is 0 Å². The topological polar surface area (TPSA) is 34.1 Å². The molecule has 0 saturated carbocycles. The highest BCUT2D eigenvalue weighted by Crippen LogP contribution is 2.39. The number of benzene rings is 4. The summed E-state index contributed by atoms with van der Waals surface area (Å²) < 4.78 is 0. The van der Waals surface area contributed by atoms with Crippen LogP contribution in [0.1, 0.15) is 31.8 Å². The van der Waals surface area contributed by atoms with Gasteiger partial charge in [-0.2, -0.15) is 0 Å². The lowest BCUT2D eigenvalue weighted by molar-refractivity contribution is 0.101. The molecule has 34 heavy (non-hydrogen) atoms. The van der Waals surface area contributed by atoms with E-state index in [1.807, 2.05) is 30.3 Å². The minimum Gasteiger partial charge on any atom is -0.293 e. The van der Waals surface area contributed by atoms with E-state index < -0.39 is 0 Å². The summed E-state index contributed by atoms with van der Waals surface area (Å²) in [5.74, 6) is 1.66. The van der Waals surface area contributed by atoms with Gasteiger partial charge in [-0.1, -0.05) is 90.0 Å². The second-order valence-corrected chi connectivity index (χ2v) is 10.5. The average Bonchev–Trinajstić information content (AvgIpc) is 3.43. The summed E-state index contributed by atoms with van der Waals surface area (Å²) in [7, 11) is 0. The minimum absolute atomic E-state index is 0.249. The van der Waals surface area contributed by atoms with Gasteiger partial charge < -0.3 is 0 Å². The second-order valence-electron chi connectivity index (χ2n) is 8.52. The Bertz CT molecular complexity index is 1390. The first-order valence-corrected chi connectivity index (χ1v) is 13.2. The molecule has 0 aliphatic carbocycles. The lowest BCUT2D eigenvalue weighted by Gasteiger charge is -2.07. The molecule has 4 aromatic rings. The van der Waals surface area contributed by atoms with Crippen molar-refractivity contribution in [3.05, 3.63) is 107 Å². The van der Waals surface area contributed by atoms with Crippen LogP contribution in [0.3, 0.4) is 0 Å². The van der Waals surface area contributed by atoms with Crippen LogP contribution < -0.4 is 0 Å². The number of hydrogen-bond donors (Lipinski definition) is 0. The Hall–Kier alpha value is -3.08. The number of hydrogen-bond acceptors (Lipinski definition) is 4. The molecule has 0 saturated heterocycles. The highest BCUT2D eigenvalue weighted by atomic mass is 32.2. The van der Waals surface area contributed by atoms with Crippen molar-refractivity contribution in [1.82, 2.24) is 0 Å². The Morgan fingerprint density at radius 2 is 1.09 bits per heavy atom. The van der Waals surface area contributed by atoms with Crippen LogP contribution in [-0.4, -0.2) is 23.1 Å². The van der Waals surface area contributed by atoms with Gasteiger partial charge in [-0.05, 0) is 42.2 Å². The highest BCUT2D eigenvalue weighted by molar-refractivity contribution is 8.01. The maximum atomic E-state index is 11.9. The number of fused-ring (bicyclic) bond motifs is 2. The largest absolute Gasteiger partial charge is 0.293 e. The van der Waals surface area contributed by atoms with Crippen molar-refractivity contribution >= 4 is 35.1 Å². The standard InChI is InChI=1S/2C15H12OS/c1-10-5-7-11(8-6-10)12-3-2-4-14-15(12)13(16)9-17-14;1-10-5-7-11(8-6-10)12-3-2-4-13-14(16)9-17-15(12)13/h2*2-8H,9H2,1H3. The molecule has 0 fully saturated rings. The molecule has 0 bridgehead atoms. The Balaban J connectivity index is 0.000000142. The highest BCUT2D eigenvalue weighted by Gasteiger charge is 2.24. The van der Waals surface area contributed by atoms with Gasteiger partial charge in [0.15, 0.2) is 11.6 Å². The third-order valence-electron chi connectivity index (χ3n) is 6.05. The Morgan fingerprint density at radius 3 is 1.76 bits per heavy atom. The summed E-state index contributed by atoms with van der Waals surface area (Å²) in [4.78, 5) is 25.8. The molecular weight excluding hydrogens is 456 g/mol. The van der Waals surface area contributed by atoms with Crippen LogP contribution in [0.25, 0.3) is 22.3 Å². The van der Waals surface area contributed by atoms with Gasteiger partial charge in [0.2, 0.25) is 0 Å². The average molecular weight is 481 g/mol. The molecule has 0 atom stereocenters. The van der Waals surface area contributed by atoms with E-state index in [1.165, 1.54) is 22.3 Å². The van der Waals surface area contributed by atoms with E-state index in [2.05, 4.69) is 68.4 Å². The van der Waals surface area contributed by atoms with Gasteiger partial charge in [0, 0.05) is 20.9 Å². The van der Waals surface area contributed by atoms with Gasteiger partial charge in [-0.3, -0.25) is 9.59 Å². The molecule has 0 unspecified atom stereocenters. The van der Waals surface area contributed by atoms with Crippen molar-refractivity contribution in [3.8, 4) is 22.3 Å². The maximum Gasteiger partial charge on any atom is 0.174 e. The van der Waals surface area contributed by atoms with Crippen LogP contribution in [-0.2, 0) is 0 Å². The number of Topliss-reactive ketones (excluding diaryl/α,β-unsaturated/α-hetero) is 2. The smallest absolute Gasteiger partial charge is 0.174 e. The first kappa shape index (κ1) is 22.7. The van der Waals surface area contributed by atoms with E-state index in [9.17, 15) is 9.59 Å². The molecule has 0 aromatic heterocycles. The van der Waals surface area contributed by atoms with Crippen LogP contribution in [0.2, 0.25) is 0 Å². The van der Waals surface area contributed by atoms with Gasteiger partial charge in [-0.25, -0.2) is 0 Å². The second kappa shape index (κ2) is 9.65. The van der Waals surface area contributed by atoms with Crippen LogP contribution in [0, 0.1) is 13.8 Å². The molecule has 0 spiro atoms. The Labute approximate surface area is 208 Å². The Kier molecular flexibility index (Phi) is 6.44. The number of ketones is 2. The van der Waals surface area contributed by atoms with Crippen molar-refractivity contribution in [2.75, 3.05) is 11.5 Å². The zero-order valence-corrected chi connectivity index (χ0v) is 20.8. The van der Waals surface area contributed by atoms with Crippen molar-refractivity contribution in [2.24, 2.45) is 0 Å². The number of thioether (sulfide) groups is 2. The van der Waals surface area contributed by atoms with Crippen molar-refractivity contribution < 1.29 is 9.59 Å². The summed E-state index contributed by atoms with van der Waals surface area (Å²) in [5.41, 5.74) is 8.84. The monoisotopic (exact) mass is 480 g/mol. The van der Waals surface area contributed by atoms with E-state index in [0.29, 0.717) is 11.5 Å². The summed E-state index contributed by atoms with van der Waals surface area (Å²) in [6, 6.07) is 28.9. The first-order chi connectivity index (χ1) is 16.5. The fraction of sp³-hybridized carbons (Fsp3) is 0.133. The normalized spacial score (nSPS) is 13.8. The molecule has 4 heteroatoms. The predicted octanol–water partition coefficient (Wildman–Crippen LogP) is 7.90. The van der Waals surface area contributed by atoms with Gasteiger partial charge in [0.25, 0.3) is 0 Å². The van der Waals surface area contributed by atoms with E-state index in [4.69, 9.17) is 0 Å².